The van der Waals surface area contributed by atoms with Gasteiger partial charge in [0.25, 0.3) is 0 Å². The molecule has 19 heavy (non-hydrogen) atoms. The van der Waals surface area contributed by atoms with Crippen LogP contribution in [0.4, 0.5) is 0 Å². The van der Waals surface area contributed by atoms with Crippen LogP contribution >= 0.6 is 0 Å². The number of carbonyl (C=O) groups is 1. The first-order chi connectivity index (χ1) is 9.02. The lowest BCUT2D eigenvalue weighted by molar-refractivity contribution is -0.121. The fourth-order valence-corrected chi connectivity index (χ4v) is 1.86. The molecule has 0 saturated heterocycles. The average molecular weight is 264 g/mol. The Kier molecular flexibility index (Phi) is 6.36. The van der Waals surface area contributed by atoms with E-state index in [1.165, 1.54) is 0 Å². The minimum absolute atomic E-state index is 0.0657. The molecule has 0 saturated carbocycles. The third-order valence-corrected chi connectivity index (χ3v) is 3.08. The number of ether oxygens (including phenoxy) is 1. The molecule has 2 unspecified atom stereocenters. The number of nitrogens with one attached hydrogen (secondary N) is 1. The molecule has 0 aliphatic heterocycles. The van der Waals surface area contributed by atoms with Crippen LogP contribution in [0.15, 0.2) is 24.3 Å². The first-order valence-corrected chi connectivity index (χ1v) is 6.69. The average Bonchev–Trinajstić information content (AvgIpc) is 2.38. The molecule has 0 radical (unpaired) electrons. The Bertz CT molecular complexity index is 405. The summed E-state index contributed by atoms with van der Waals surface area (Å²) in [5.74, 6) is 1.06. The summed E-state index contributed by atoms with van der Waals surface area (Å²) in [5, 5.41) is 2.89. The first kappa shape index (κ1) is 15.5. The summed E-state index contributed by atoms with van der Waals surface area (Å²) in [6.07, 6.45) is 1.28. The van der Waals surface area contributed by atoms with E-state index in [1.807, 2.05) is 38.1 Å². The van der Waals surface area contributed by atoms with Gasteiger partial charge in [0.15, 0.2) is 0 Å². The summed E-state index contributed by atoms with van der Waals surface area (Å²) >= 11 is 0. The minimum atomic E-state index is 0.0657. The zero-order chi connectivity index (χ0) is 14.3. The van der Waals surface area contributed by atoms with Crippen LogP contribution in [0.5, 0.6) is 5.75 Å². The SMILES string of the molecule is COc1cccc(C(C)CC(=O)NCCC(C)N)c1. The molecule has 3 N–H and O–H groups in total. The summed E-state index contributed by atoms with van der Waals surface area (Å²) in [4.78, 5) is 11.8. The zero-order valence-corrected chi connectivity index (χ0v) is 12.0. The van der Waals surface area contributed by atoms with Crippen molar-refractivity contribution >= 4 is 5.91 Å². The fourth-order valence-electron chi connectivity index (χ4n) is 1.86. The van der Waals surface area contributed by atoms with Crippen molar-refractivity contribution in [3.63, 3.8) is 0 Å². The molecule has 0 aliphatic carbocycles. The molecule has 106 valence electrons. The quantitative estimate of drug-likeness (QED) is 0.792. The van der Waals surface area contributed by atoms with Crippen molar-refractivity contribution in [3.05, 3.63) is 29.8 Å². The van der Waals surface area contributed by atoms with Gasteiger partial charge >= 0.3 is 0 Å². The lowest BCUT2D eigenvalue weighted by Crippen LogP contribution is -2.29. The Balaban J connectivity index is 2.44. The number of benzene rings is 1. The van der Waals surface area contributed by atoms with E-state index in [2.05, 4.69) is 5.32 Å². The van der Waals surface area contributed by atoms with Crippen LogP contribution in [0.1, 0.15) is 38.2 Å². The van der Waals surface area contributed by atoms with Crippen molar-refractivity contribution in [2.24, 2.45) is 5.73 Å². The standard InChI is InChI=1S/C15H24N2O2/c1-11(9-15(18)17-8-7-12(2)16)13-5-4-6-14(10-13)19-3/h4-6,10-12H,7-9,16H2,1-3H3,(H,17,18). The molecular weight excluding hydrogens is 240 g/mol. The molecule has 0 bridgehead atoms. The van der Waals surface area contributed by atoms with Gasteiger partial charge in [-0.3, -0.25) is 4.79 Å². The second kappa shape index (κ2) is 7.79. The maximum atomic E-state index is 11.8. The van der Waals surface area contributed by atoms with Gasteiger partial charge in [-0.25, -0.2) is 0 Å². The number of hydrogen-bond acceptors (Lipinski definition) is 3. The number of methoxy groups -OCH3 is 1. The van der Waals surface area contributed by atoms with Gasteiger partial charge < -0.3 is 15.8 Å². The molecule has 0 aliphatic rings. The zero-order valence-electron chi connectivity index (χ0n) is 12.0. The topological polar surface area (TPSA) is 64.3 Å². The molecular formula is C15H24N2O2. The van der Waals surface area contributed by atoms with Crippen LogP contribution in [-0.4, -0.2) is 25.6 Å². The van der Waals surface area contributed by atoms with Crippen LogP contribution in [-0.2, 0) is 4.79 Å². The third-order valence-electron chi connectivity index (χ3n) is 3.08. The first-order valence-electron chi connectivity index (χ1n) is 6.69. The largest absolute Gasteiger partial charge is 0.497 e. The highest BCUT2D eigenvalue weighted by atomic mass is 16.5. The summed E-state index contributed by atoms with van der Waals surface area (Å²) in [7, 11) is 1.64. The smallest absolute Gasteiger partial charge is 0.220 e. The molecule has 1 amide bonds. The van der Waals surface area contributed by atoms with Crippen molar-refractivity contribution in [2.45, 2.75) is 38.6 Å². The van der Waals surface area contributed by atoms with E-state index >= 15 is 0 Å². The molecule has 4 nitrogen and oxygen atoms in total. The van der Waals surface area contributed by atoms with Gasteiger partial charge in [0.05, 0.1) is 7.11 Å². The van der Waals surface area contributed by atoms with Crippen molar-refractivity contribution in [1.29, 1.82) is 0 Å². The number of amides is 1. The maximum absolute atomic E-state index is 11.8. The molecule has 1 rings (SSSR count). The van der Waals surface area contributed by atoms with E-state index in [0.29, 0.717) is 13.0 Å². The second-order valence-corrected chi connectivity index (χ2v) is 5.00. The Hall–Kier alpha value is -1.55. The lowest BCUT2D eigenvalue weighted by atomic mass is 9.97. The molecule has 0 aromatic heterocycles. The molecule has 1 aromatic carbocycles. The predicted octanol–water partition coefficient (Wildman–Crippen LogP) is 2.04. The van der Waals surface area contributed by atoms with E-state index < -0.39 is 0 Å². The summed E-state index contributed by atoms with van der Waals surface area (Å²) in [5.41, 5.74) is 6.75. The van der Waals surface area contributed by atoms with Crippen LogP contribution in [0.2, 0.25) is 0 Å². The minimum Gasteiger partial charge on any atom is -0.497 e. The van der Waals surface area contributed by atoms with Crippen LogP contribution in [0.3, 0.4) is 0 Å². The van der Waals surface area contributed by atoms with Crippen molar-refractivity contribution < 1.29 is 9.53 Å². The molecule has 0 heterocycles. The van der Waals surface area contributed by atoms with Gasteiger partial charge in [-0.05, 0) is 37.0 Å². The van der Waals surface area contributed by atoms with Gasteiger partial charge in [0, 0.05) is 19.0 Å². The Morgan fingerprint density at radius 1 is 1.42 bits per heavy atom. The molecule has 2 atom stereocenters. The van der Waals surface area contributed by atoms with Crippen LogP contribution in [0, 0.1) is 0 Å². The normalized spacial score (nSPS) is 13.7. The van der Waals surface area contributed by atoms with E-state index in [4.69, 9.17) is 10.5 Å². The number of hydrogen-bond donors (Lipinski definition) is 2. The number of carbonyl (C=O) groups excluding carboxylic acids is 1. The van der Waals surface area contributed by atoms with E-state index in [9.17, 15) is 4.79 Å². The second-order valence-electron chi connectivity index (χ2n) is 5.00. The third kappa shape index (κ3) is 5.75. The number of nitrogens with two attached hydrogens (primary N) is 1. The van der Waals surface area contributed by atoms with Gasteiger partial charge in [0.1, 0.15) is 5.75 Å². The van der Waals surface area contributed by atoms with E-state index in [-0.39, 0.29) is 17.9 Å². The van der Waals surface area contributed by atoms with E-state index in [1.54, 1.807) is 7.11 Å². The molecule has 0 spiro atoms. The van der Waals surface area contributed by atoms with Gasteiger partial charge in [-0.2, -0.15) is 0 Å². The highest BCUT2D eigenvalue weighted by Gasteiger charge is 2.11. The maximum Gasteiger partial charge on any atom is 0.220 e. The Morgan fingerprint density at radius 3 is 2.79 bits per heavy atom. The van der Waals surface area contributed by atoms with Crippen LogP contribution in [0.25, 0.3) is 0 Å². The highest BCUT2D eigenvalue weighted by Crippen LogP contribution is 2.22. The summed E-state index contributed by atoms with van der Waals surface area (Å²) in [6.45, 7) is 4.62. The summed E-state index contributed by atoms with van der Waals surface area (Å²) in [6, 6.07) is 7.95. The Labute approximate surface area is 115 Å². The summed E-state index contributed by atoms with van der Waals surface area (Å²) < 4.78 is 5.19. The van der Waals surface area contributed by atoms with Gasteiger partial charge in [0.2, 0.25) is 5.91 Å². The van der Waals surface area contributed by atoms with Crippen molar-refractivity contribution in [3.8, 4) is 5.75 Å². The van der Waals surface area contributed by atoms with Gasteiger partial charge in [-0.1, -0.05) is 19.1 Å². The van der Waals surface area contributed by atoms with Gasteiger partial charge in [-0.15, -0.1) is 0 Å². The molecule has 0 fully saturated rings. The molecule has 4 heteroatoms. The lowest BCUT2D eigenvalue weighted by Gasteiger charge is -2.13. The predicted molar refractivity (Wildman–Crippen MR) is 77.3 cm³/mol. The fraction of sp³-hybridized carbons (Fsp3) is 0.533. The van der Waals surface area contributed by atoms with Crippen LogP contribution < -0.4 is 15.8 Å². The van der Waals surface area contributed by atoms with E-state index in [0.717, 1.165) is 17.7 Å². The Morgan fingerprint density at radius 2 is 2.16 bits per heavy atom. The molecule has 1 aromatic rings. The van der Waals surface area contributed by atoms with Crippen molar-refractivity contribution in [1.82, 2.24) is 5.32 Å². The van der Waals surface area contributed by atoms with Crippen molar-refractivity contribution in [2.75, 3.05) is 13.7 Å². The number of rotatable bonds is 7. The highest BCUT2D eigenvalue weighted by molar-refractivity contribution is 5.76. The monoisotopic (exact) mass is 264 g/mol.